The molecular weight excluding hydrogens is 492 g/mol. The Morgan fingerprint density at radius 2 is 1.89 bits per heavy atom. The lowest BCUT2D eigenvalue weighted by Gasteiger charge is -2.64. The van der Waals surface area contributed by atoms with Gasteiger partial charge in [-0.1, -0.05) is 33.3 Å². The van der Waals surface area contributed by atoms with Crippen LogP contribution in [0.25, 0.3) is 0 Å². The van der Waals surface area contributed by atoms with Crippen molar-refractivity contribution in [3.63, 3.8) is 0 Å². The summed E-state index contributed by atoms with van der Waals surface area (Å²) < 4.78 is 21.9. The van der Waals surface area contributed by atoms with Crippen LogP contribution in [0.1, 0.15) is 72.0 Å². The lowest BCUT2D eigenvalue weighted by atomic mass is 9.40. The van der Waals surface area contributed by atoms with Gasteiger partial charge in [0.25, 0.3) is 0 Å². The number of aliphatic hydroxyl groups excluding tert-OH is 1. The molecule has 3 unspecified atom stereocenters. The minimum atomic E-state index is -1.60. The maximum absolute atomic E-state index is 14.3. The van der Waals surface area contributed by atoms with Crippen molar-refractivity contribution in [1.29, 1.82) is 0 Å². The van der Waals surface area contributed by atoms with Crippen LogP contribution in [0.3, 0.4) is 0 Å². The fourth-order valence-electron chi connectivity index (χ4n) is 8.57. The van der Waals surface area contributed by atoms with Crippen molar-refractivity contribution in [2.75, 3.05) is 7.11 Å². The molecule has 8 atom stereocenters. The average molecular weight is 529 g/mol. The molecule has 0 aromatic carbocycles. The molecule has 3 aliphatic carbocycles. The third kappa shape index (κ3) is 3.53. The van der Waals surface area contributed by atoms with E-state index in [1.54, 1.807) is 18.6 Å². The number of Topliss-reactive ketones (excluding diaryl/α,β-unsaturated/α-hetero) is 1. The first kappa shape index (κ1) is 26.7. The van der Waals surface area contributed by atoms with Crippen molar-refractivity contribution < 1.29 is 42.9 Å². The molecule has 2 bridgehead atoms. The quantitative estimate of drug-likeness (QED) is 0.353. The molecule has 1 N–H and O–H groups in total. The number of fused-ring (bicyclic) bond motifs is 5. The van der Waals surface area contributed by atoms with Gasteiger partial charge in [0.15, 0.2) is 6.10 Å². The number of ketones is 1. The molecule has 3 fully saturated rings. The third-order valence-electron chi connectivity index (χ3n) is 10.1. The van der Waals surface area contributed by atoms with Gasteiger partial charge >= 0.3 is 17.9 Å². The summed E-state index contributed by atoms with van der Waals surface area (Å²) in [6, 6.07) is 1.80. The van der Waals surface area contributed by atoms with Crippen LogP contribution in [-0.2, 0) is 33.4 Å². The topological polar surface area (TPSA) is 129 Å². The summed E-state index contributed by atoms with van der Waals surface area (Å²) in [4.78, 5) is 52.1. The number of carbonyl (C=O) groups is 4. The van der Waals surface area contributed by atoms with Crippen LogP contribution in [0.15, 0.2) is 34.2 Å². The van der Waals surface area contributed by atoms with Gasteiger partial charge in [0.05, 0.1) is 32.0 Å². The van der Waals surface area contributed by atoms with E-state index in [2.05, 4.69) is 6.92 Å². The van der Waals surface area contributed by atoms with E-state index in [9.17, 15) is 24.3 Å². The molecule has 5 rings (SSSR count). The normalized spacial score (nSPS) is 38.4. The standard InChI is InChI=1S/C29H36O9/c1-14(30)37-25-17-11-16-18(29(5,23(17)33)22(27(25,2)3)21(32)26(34)35-6)7-9-28(4)19(16)12-20(31)38-24(28)15-8-10-36-13-15/h8,10,13,17-18,21-22,24-25,32H,7,9,11-12H2,1-6H3/t17-,18?,21?,22-,24-,25-,28+,29?/m0/s1. The van der Waals surface area contributed by atoms with Gasteiger partial charge in [0.2, 0.25) is 0 Å². The zero-order valence-electron chi connectivity index (χ0n) is 22.7. The molecule has 1 aliphatic heterocycles. The smallest absolute Gasteiger partial charge is 0.335 e. The van der Waals surface area contributed by atoms with E-state index in [0.717, 1.165) is 16.7 Å². The SMILES string of the molecule is COC(=O)C(O)[C@@H]1C2(C)C(=O)[C@H](CC3=C4CC(=O)O[C@@H](c5ccoc5)[C@]4(C)CCC32)[C@H](OC(C)=O)C1(C)C. The van der Waals surface area contributed by atoms with Crippen molar-refractivity contribution >= 4 is 23.7 Å². The first-order valence-electron chi connectivity index (χ1n) is 13.2. The maximum atomic E-state index is 14.3. The Kier molecular flexibility index (Phi) is 6.17. The third-order valence-corrected chi connectivity index (χ3v) is 10.1. The number of hydrogen-bond donors (Lipinski definition) is 1. The molecule has 1 aromatic rings. The van der Waals surface area contributed by atoms with Gasteiger partial charge in [-0.2, -0.15) is 0 Å². The van der Waals surface area contributed by atoms with Crippen LogP contribution in [-0.4, -0.2) is 48.1 Å². The Bertz CT molecular complexity index is 1210. The number of methoxy groups -OCH3 is 1. The van der Waals surface area contributed by atoms with Gasteiger partial charge < -0.3 is 23.7 Å². The first-order chi connectivity index (χ1) is 17.8. The van der Waals surface area contributed by atoms with Crippen LogP contribution in [0, 0.1) is 34.0 Å². The zero-order chi connectivity index (χ0) is 27.8. The van der Waals surface area contributed by atoms with Crippen molar-refractivity contribution in [1.82, 2.24) is 0 Å². The molecule has 1 saturated heterocycles. The van der Waals surface area contributed by atoms with Gasteiger partial charge in [-0.05, 0) is 36.8 Å². The highest BCUT2D eigenvalue weighted by Crippen LogP contribution is 2.68. The fourth-order valence-corrected chi connectivity index (χ4v) is 8.57. The molecule has 0 amide bonds. The predicted molar refractivity (Wildman–Crippen MR) is 132 cm³/mol. The van der Waals surface area contributed by atoms with E-state index >= 15 is 0 Å². The Hall–Kier alpha value is -2.94. The summed E-state index contributed by atoms with van der Waals surface area (Å²) in [5.41, 5.74) is 0.102. The van der Waals surface area contributed by atoms with Crippen LogP contribution in [0.2, 0.25) is 0 Å². The molecule has 9 heteroatoms. The van der Waals surface area contributed by atoms with E-state index in [4.69, 9.17) is 18.6 Å². The van der Waals surface area contributed by atoms with E-state index in [0.29, 0.717) is 19.3 Å². The van der Waals surface area contributed by atoms with Crippen LogP contribution >= 0.6 is 0 Å². The number of aliphatic hydroxyl groups is 1. The van der Waals surface area contributed by atoms with Crippen LogP contribution < -0.4 is 0 Å². The van der Waals surface area contributed by atoms with Crippen molar-refractivity contribution in [3.05, 3.63) is 35.3 Å². The van der Waals surface area contributed by atoms with Crippen molar-refractivity contribution in [2.45, 2.75) is 78.6 Å². The van der Waals surface area contributed by atoms with Gasteiger partial charge in [0, 0.05) is 34.7 Å². The van der Waals surface area contributed by atoms with Crippen molar-refractivity contribution in [3.8, 4) is 0 Å². The van der Waals surface area contributed by atoms with E-state index in [1.807, 2.05) is 20.8 Å². The molecule has 2 heterocycles. The number of rotatable bonds is 4. The molecule has 1 aromatic heterocycles. The van der Waals surface area contributed by atoms with E-state index in [1.165, 1.54) is 14.0 Å². The number of carbonyl (C=O) groups excluding carboxylic acids is 4. The number of furan rings is 1. The van der Waals surface area contributed by atoms with Gasteiger partial charge in [-0.25, -0.2) is 4.79 Å². The summed E-state index contributed by atoms with van der Waals surface area (Å²) in [5.74, 6) is -3.72. The predicted octanol–water partition coefficient (Wildman–Crippen LogP) is 3.70. The van der Waals surface area contributed by atoms with E-state index in [-0.39, 0.29) is 24.1 Å². The Balaban J connectivity index is 1.72. The Labute approximate surface area is 221 Å². The minimum Gasteiger partial charge on any atom is -0.472 e. The van der Waals surface area contributed by atoms with Crippen LogP contribution in [0.4, 0.5) is 0 Å². The summed E-state index contributed by atoms with van der Waals surface area (Å²) in [5, 5.41) is 11.3. The number of esters is 3. The second-order valence-corrected chi connectivity index (χ2v) is 12.4. The monoisotopic (exact) mass is 528 g/mol. The summed E-state index contributed by atoms with van der Waals surface area (Å²) in [7, 11) is 1.20. The largest absolute Gasteiger partial charge is 0.472 e. The second kappa shape index (κ2) is 8.79. The number of hydrogen-bond acceptors (Lipinski definition) is 9. The van der Waals surface area contributed by atoms with Gasteiger partial charge in [-0.15, -0.1) is 0 Å². The number of allylic oxidation sites excluding steroid dienone is 1. The highest BCUT2D eigenvalue weighted by molar-refractivity contribution is 5.93. The Morgan fingerprint density at radius 3 is 2.50 bits per heavy atom. The van der Waals surface area contributed by atoms with E-state index < -0.39 is 58.3 Å². The van der Waals surface area contributed by atoms with Crippen molar-refractivity contribution in [2.24, 2.45) is 34.0 Å². The Morgan fingerprint density at radius 1 is 1.18 bits per heavy atom. The molecule has 38 heavy (non-hydrogen) atoms. The second-order valence-electron chi connectivity index (χ2n) is 12.4. The summed E-state index contributed by atoms with van der Waals surface area (Å²) >= 11 is 0. The van der Waals surface area contributed by atoms with Gasteiger partial charge in [-0.3, -0.25) is 14.4 Å². The molecule has 2 saturated carbocycles. The summed E-state index contributed by atoms with van der Waals surface area (Å²) in [6.07, 6.45) is 1.82. The molecule has 9 nitrogen and oxygen atoms in total. The lowest BCUT2D eigenvalue weighted by molar-refractivity contribution is -0.212. The molecule has 206 valence electrons. The molecule has 0 radical (unpaired) electrons. The molecule has 0 spiro atoms. The average Bonchev–Trinajstić information content (AvgIpc) is 3.38. The van der Waals surface area contributed by atoms with Gasteiger partial charge in [0.1, 0.15) is 18.0 Å². The highest BCUT2D eigenvalue weighted by Gasteiger charge is 2.70. The number of cyclic esters (lactones) is 1. The maximum Gasteiger partial charge on any atom is 0.335 e. The first-order valence-corrected chi connectivity index (χ1v) is 13.2. The molecular formula is C29H36O9. The summed E-state index contributed by atoms with van der Waals surface area (Å²) in [6.45, 7) is 8.88. The number of ether oxygens (including phenoxy) is 3. The highest BCUT2D eigenvalue weighted by atomic mass is 16.6. The van der Waals surface area contributed by atoms with Crippen LogP contribution in [0.5, 0.6) is 0 Å². The molecule has 4 aliphatic rings. The fraction of sp³-hybridized carbons (Fsp3) is 0.655. The zero-order valence-corrected chi connectivity index (χ0v) is 22.7. The lowest BCUT2D eigenvalue weighted by Crippen LogP contribution is -2.69. The minimum absolute atomic E-state index is 0.0967.